The molecule has 1 fully saturated rings. The summed E-state index contributed by atoms with van der Waals surface area (Å²) in [6.07, 6.45) is 4.03. The Kier molecular flexibility index (Phi) is 9.15. The molecule has 1 atom stereocenters. The Bertz CT molecular complexity index is 691. The molecule has 1 aromatic carbocycles. The Morgan fingerprint density at radius 1 is 1.07 bits per heavy atom. The fourth-order valence-corrected chi connectivity index (χ4v) is 3.20. The van der Waals surface area contributed by atoms with Gasteiger partial charge in [0.25, 0.3) is 0 Å². The van der Waals surface area contributed by atoms with Gasteiger partial charge in [-0.05, 0) is 58.4 Å². The monoisotopic (exact) mass is 419 g/mol. The molecule has 0 unspecified atom stereocenters. The van der Waals surface area contributed by atoms with E-state index in [1.165, 1.54) is 0 Å². The van der Waals surface area contributed by atoms with E-state index in [0.29, 0.717) is 0 Å². The first-order valence-corrected chi connectivity index (χ1v) is 10.6. The third-order valence-electron chi connectivity index (χ3n) is 4.69. The number of esters is 2. The molecule has 1 amide bonds. The van der Waals surface area contributed by atoms with E-state index in [0.717, 1.165) is 37.7 Å². The second-order valence-corrected chi connectivity index (χ2v) is 8.58. The lowest BCUT2D eigenvalue weighted by Gasteiger charge is -2.26. The van der Waals surface area contributed by atoms with Crippen LogP contribution in [0.3, 0.4) is 0 Å². The normalized spacial score (nSPS) is 15.7. The molecule has 0 saturated heterocycles. The molecule has 166 valence electrons. The van der Waals surface area contributed by atoms with Crippen LogP contribution < -0.4 is 5.32 Å². The van der Waals surface area contributed by atoms with E-state index in [1.54, 1.807) is 20.8 Å². The van der Waals surface area contributed by atoms with E-state index in [2.05, 4.69) is 5.32 Å². The van der Waals surface area contributed by atoms with Gasteiger partial charge in [-0.2, -0.15) is 0 Å². The second kappa shape index (κ2) is 11.6. The van der Waals surface area contributed by atoms with Crippen molar-refractivity contribution in [2.75, 3.05) is 0 Å². The number of amides is 1. The van der Waals surface area contributed by atoms with Crippen LogP contribution >= 0.6 is 0 Å². The highest BCUT2D eigenvalue weighted by atomic mass is 16.6. The van der Waals surface area contributed by atoms with Crippen molar-refractivity contribution in [1.82, 2.24) is 5.32 Å². The zero-order valence-corrected chi connectivity index (χ0v) is 18.1. The summed E-state index contributed by atoms with van der Waals surface area (Å²) in [4.78, 5) is 37.0. The third kappa shape index (κ3) is 9.29. The van der Waals surface area contributed by atoms with Gasteiger partial charge in [0.2, 0.25) is 0 Å². The molecule has 0 heterocycles. The van der Waals surface area contributed by atoms with E-state index in [1.807, 2.05) is 30.3 Å². The highest BCUT2D eigenvalue weighted by molar-refractivity contribution is 5.82. The van der Waals surface area contributed by atoms with Crippen LogP contribution in [0.2, 0.25) is 0 Å². The molecule has 0 bridgehead atoms. The summed E-state index contributed by atoms with van der Waals surface area (Å²) in [6.45, 7) is 5.38. The SMILES string of the molecule is CC(C)(C)OC(=O)N[C@@H](CCC(=O)OCc1ccccc1)C(=O)OC1CCCCC1. The molecule has 30 heavy (non-hydrogen) atoms. The molecule has 0 aliphatic heterocycles. The maximum atomic E-state index is 12.7. The highest BCUT2D eigenvalue weighted by Crippen LogP contribution is 2.21. The maximum absolute atomic E-state index is 12.7. The molecule has 0 aromatic heterocycles. The van der Waals surface area contributed by atoms with Crippen molar-refractivity contribution in [2.24, 2.45) is 0 Å². The van der Waals surface area contributed by atoms with Crippen LogP contribution in [0, 0.1) is 0 Å². The van der Waals surface area contributed by atoms with Gasteiger partial charge in [-0.3, -0.25) is 4.79 Å². The van der Waals surface area contributed by atoms with E-state index >= 15 is 0 Å². The van der Waals surface area contributed by atoms with Gasteiger partial charge in [-0.25, -0.2) is 9.59 Å². The lowest BCUT2D eigenvalue weighted by atomic mass is 9.98. The Hall–Kier alpha value is -2.57. The number of alkyl carbamates (subject to hydrolysis) is 1. The Morgan fingerprint density at radius 2 is 1.73 bits per heavy atom. The molecule has 1 aliphatic rings. The van der Waals surface area contributed by atoms with Gasteiger partial charge in [0, 0.05) is 6.42 Å². The minimum Gasteiger partial charge on any atom is -0.461 e. The summed E-state index contributed by atoms with van der Waals surface area (Å²) in [5.74, 6) is -0.982. The van der Waals surface area contributed by atoms with Gasteiger partial charge in [0.1, 0.15) is 24.4 Å². The van der Waals surface area contributed by atoms with Crippen LogP contribution in [0.15, 0.2) is 30.3 Å². The Labute approximate surface area is 178 Å². The average Bonchev–Trinajstić information content (AvgIpc) is 2.69. The van der Waals surface area contributed by atoms with Crippen LogP contribution in [0.1, 0.15) is 71.3 Å². The summed E-state index contributed by atoms with van der Waals surface area (Å²) in [5.41, 5.74) is 0.183. The summed E-state index contributed by atoms with van der Waals surface area (Å²) in [5, 5.41) is 2.55. The standard InChI is InChI=1S/C23H33NO6/c1-23(2,3)30-22(27)24-19(21(26)29-18-12-8-5-9-13-18)14-15-20(25)28-16-17-10-6-4-7-11-17/h4,6-7,10-11,18-19H,5,8-9,12-16H2,1-3H3,(H,24,27)/t19-/m0/s1. The van der Waals surface area contributed by atoms with Crippen molar-refractivity contribution in [3.05, 3.63) is 35.9 Å². The van der Waals surface area contributed by atoms with Gasteiger partial charge in [0.05, 0.1) is 0 Å². The van der Waals surface area contributed by atoms with Gasteiger partial charge in [0.15, 0.2) is 0 Å². The lowest BCUT2D eigenvalue weighted by Crippen LogP contribution is -2.45. The number of rotatable bonds is 8. The quantitative estimate of drug-likeness (QED) is 0.500. The first kappa shape index (κ1) is 23.7. The molecule has 1 saturated carbocycles. The molecular weight excluding hydrogens is 386 g/mol. The van der Waals surface area contributed by atoms with Crippen molar-refractivity contribution in [2.45, 2.75) is 90.1 Å². The number of hydrogen-bond acceptors (Lipinski definition) is 6. The van der Waals surface area contributed by atoms with Crippen LogP contribution in [-0.4, -0.2) is 35.8 Å². The minimum atomic E-state index is -0.967. The van der Waals surface area contributed by atoms with Crippen LogP contribution in [0.4, 0.5) is 4.79 Å². The first-order chi connectivity index (χ1) is 14.2. The minimum absolute atomic E-state index is 0.0208. The fraction of sp³-hybridized carbons (Fsp3) is 0.609. The van der Waals surface area contributed by atoms with Crippen LogP contribution in [-0.2, 0) is 30.4 Å². The number of carbonyl (C=O) groups excluding carboxylic acids is 3. The first-order valence-electron chi connectivity index (χ1n) is 10.6. The lowest BCUT2D eigenvalue weighted by molar-refractivity contribution is -0.153. The largest absolute Gasteiger partial charge is 0.461 e. The van der Waals surface area contributed by atoms with Crippen molar-refractivity contribution >= 4 is 18.0 Å². The predicted octanol–water partition coefficient (Wildman–Crippen LogP) is 4.28. The molecule has 1 N–H and O–H groups in total. The topological polar surface area (TPSA) is 90.9 Å². The zero-order valence-electron chi connectivity index (χ0n) is 18.1. The van der Waals surface area contributed by atoms with Crippen LogP contribution in [0.5, 0.6) is 0 Å². The molecule has 1 aliphatic carbocycles. The van der Waals surface area contributed by atoms with E-state index < -0.39 is 29.7 Å². The van der Waals surface area contributed by atoms with E-state index in [-0.39, 0.29) is 25.6 Å². The summed E-state index contributed by atoms with van der Waals surface area (Å²) < 4.78 is 16.1. The Balaban J connectivity index is 1.89. The predicted molar refractivity (Wildman–Crippen MR) is 112 cm³/mol. The van der Waals surface area contributed by atoms with E-state index in [9.17, 15) is 14.4 Å². The molecule has 7 heteroatoms. The number of nitrogens with one attached hydrogen (secondary N) is 1. The second-order valence-electron chi connectivity index (χ2n) is 8.58. The molecule has 0 spiro atoms. The number of ether oxygens (including phenoxy) is 3. The molecule has 2 rings (SSSR count). The molecule has 7 nitrogen and oxygen atoms in total. The average molecular weight is 420 g/mol. The van der Waals surface area contributed by atoms with Crippen molar-refractivity contribution < 1.29 is 28.6 Å². The van der Waals surface area contributed by atoms with Gasteiger partial charge >= 0.3 is 18.0 Å². The zero-order chi connectivity index (χ0) is 22.0. The summed E-state index contributed by atoms with van der Waals surface area (Å²) in [6, 6.07) is 8.38. The number of benzene rings is 1. The van der Waals surface area contributed by atoms with Crippen LogP contribution in [0.25, 0.3) is 0 Å². The third-order valence-corrected chi connectivity index (χ3v) is 4.69. The van der Waals surface area contributed by atoms with Gasteiger partial charge < -0.3 is 19.5 Å². The smallest absolute Gasteiger partial charge is 0.408 e. The number of carbonyl (C=O) groups is 3. The van der Waals surface area contributed by atoms with E-state index in [4.69, 9.17) is 14.2 Å². The summed E-state index contributed by atoms with van der Waals surface area (Å²) in [7, 11) is 0. The van der Waals surface area contributed by atoms with Gasteiger partial charge in [-0.15, -0.1) is 0 Å². The van der Waals surface area contributed by atoms with Crippen molar-refractivity contribution in [3.63, 3.8) is 0 Å². The maximum Gasteiger partial charge on any atom is 0.408 e. The molecule has 1 aromatic rings. The van der Waals surface area contributed by atoms with Crippen molar-refractivity contribution in [1.29, 1.82) is 0 Å². The van der Waals surface area contributed by atoms with Crippen molar-refractivity contribution in [3.8, 4) is 0 Å². The Morgan fingerprint density at radius 3 is 2.37 bits per heavy atom. The highest BCUT2D eigenvalue weighted by Gasteiger charge is 2.29. The molecule has 0 radical (unpaired) electrons. The number of hydrogen-bond donors (Lipinski definition) is 1. The fourth-order valence-electron chi connectivity index (χ4n) is 3.20. The summed E-state index contributed by atoms with van der Waals surface area (Å²) >= 11 is 0. The molecular formula is C23H33NO6. The van der Waals surface area contributed by atoms with Gasteiger partial charge in [-0.1, -0.05) is 36.8 Å².